The summed E-state index contributed by atoms with van der Waals surface area (Å²) >= 11 is 1.45. The number of fused-ring (bicyclic) bond motifs is 1. The van der Waals surface area contributed by atoms with Gasteiger partial charge in [-0.25, -0.2) is 4.79 Å². The van der Waals surface area contributed by atoms with Crippen LogP contribution in [0, 0.1) is 11.8 Å². The number of anilines is 1. The molecule has 0 atom stereocenters. The molecule has 0 bridgehead atoms. The van der Waals surface area contributed by atoms with E-state index in [4.69, 9.17) is 20.9 Å². The van der Waals surface area contributed by atoms with E-state index in [0.29, 0.717) is 56.5 Å². The standard InChI is InChI=1S/C29H30N6O4S/c30-13-15-38-17-18-39-16-14-32-29(37)33-21-8-5-20(6-9-21)7-12-25-23-11-10-22(19-26(23)35-34-25)40-27-4-2-1-3-24(27)28(31)36/h1-6,8-11,19H,13-18,30H2,(H2,31,36)(H,34,35)(H2,32,33,37). The summed E-state index contributed by atoms with van der Waals surface area (Å²) in [6, 6.07) is 20.0. The summed E-state index contributed by atoms with van der Waals surface area (Å²) < 4.78 is 10.6. The molecule has 0 spiro atoms. The van der Waals surface area contributed by atoms with Gasteiger partial charge in [0, 0.05) is 39.5 Å². The van der Waals surface area contributed by atoms with Crippen LogP contribution in [0.25, 0.3) is 10.9 Å². The molecule has 0 aliphatic carbocycles. The van der Waals surface area contributed by atoms with Gasteiger partial charge in [0.2, 0.25) is 5.91 Å². The van der Waals surface area contributed by atoms with Gasteiger partial charge in [-0.1, -0.05) is 29.8 Å². The van der Waals surface area contributed by atoms with Crippen LogP contribution in [0.15, 0.2) is 76.5 Å². The summed E-state index contributed by atoms with van der Waals surface area (Å²) in [6.45, 7) is 2.69. The van der Waals surface area contributed by atoms with Crippen molar-refractivity contribution in [3.63, 3.8) is 0 Å². The van der Waals surface area contributed by atoms with E-state index in [2.05, 4.69) is 32.7 Å². The van der Waals surface area contributed by atoms with Crippen LogP contribution in [0.5, 0.6) is 0 Å². The first-order valence-corrected chi connectivity index (χ1v) is 13.4. The second kappa shape index (κ2) is 14.7. The fraction of sp³-hybridized carbons (Fsp3) is 0.207. The van der Waals surface area contributed by atoms with Crippen molar-refractivity contribution in [2.75, 3.05) is 44.8 Å². The van der Waals surface area contributed by atoms with Crippen LogP contribution in [0.1, 0.15) is 21.6 Å². The lowest BCUT2D eigenvalue weighted by atomic mass is 10.2. The van der Waals surface area contributed by atoms with Gasteiger partial charge in [-0.05, 0) is 60.5 Å². The van der Waals surface area contributed by atoms with Gasteiger partial charge in [-0.15, -0.1) is 0 Å². The van der Waals surface area contributed by atoms with Crippen molar-refractivity contribution < 1.29 is 19.1 Å². The topological polar surface area (TPSA) is 157 Å². The predicted octanol–water partition coefficient (Wildman–Crippen LogP) is 3.33. The molecule has 4 aromatic rings. The van der Waals surface area contributed by atoms with Crippen molar-refractivity contribution in [3.05, 3.63) is 83.6 Å². The molecule has 11 heteroatoms. The first-order valence-electron chi connectivity index (χ1n) is 12.6. The lowest BCUT2D eigenvalue weighted by molar-refractivity contribution is 0.0525. The number of carbonyl (C=O) groups is 2. The number of carbonyl (C=O) groups excluding carboxylic acids is 2. The third-order valence-electron chi connectivity index (χ3n) is 5.55. The number of nitrogens with zero attached hydrogens (tertiary/aromatic N) is 1. The molecule has 206 valence electrons. The number of nitrogens with two attached hydrogens (primary N) is 2. The van der Waals surface area contributed by atoms with E-state index in [1.54, 1.807) is 24.3 Å². The van der Waals surface area contributed by atoms with Crippen molar-refractivity contribution in [2.45, 2.75) is 9.79 Å². The van der Waals surface area contributed by atoms with Gasteiger partial charge in [0.1, 0.15) is 5.69 Å². The number of aromatic amines is 1. The van der Waals surface area contributed by atoms with Crippen molar-refractivity contribution in [1.29, 1.82) is 0 Å². The molecule has 7 N–H and O–H groups in total. The van der Waals surface area contributed by atoms with E-state index in [0.717, 1.165) is 26.3 Å². The Bertz CT molecular complexity index is 1510. The average Bonchev–Trinajstić information content (AvgIpc) is 3.36. The maximum atomic E-state index is 12.1. The molecule has 10 nitrogen and oxygen atoms in total. The normalized spacial score (nSPS) is 10.6. The Labute approximate surface area is 236 Å². The molecule has 0 fully saturated rings. The molecule has 0 aliphatic heterocycles. The Hall–Kier alpha value is -4.34. The third-order valence-corrected chi connectivity index (χ3v) is 6.61. The van der Waals surface area contributed by atoms with Gasteiger partial charge in [-0.3, -0.25) is 9.89 Å². The number of nitrogens with one attached hydrogen (secondary N) is 3. The number of H-pyrrole nitrogens is 1. The van der Waals surface area contributed by atoms with Crippen molar-refractivity contribution >= 4 is 40.3 Å². The molecule has 0 radical (unpaired) electrons. The highest BCUT2D eigenvalue weighted by Gasteiger charge is 2.10. The molecule has 0 saturated carbocycles. The summed E-state index contributed by atoms with van der Waals surface area (Å²) in [5, 5.41) is 13.8. The Kier molecular flexibility index (Phi) is 10.5. The van der Waals surface area contributed by atoms with Crippen molar-refractivity contribution in [2.24, 2.45) is 11.5 Å². The second-order valence-corrected chi connectivity index (χ2v) is 9.58. The molecule has 3 amide bonds. The van der Waals surface area contributed by atoms with E-state index in [9.17, 15) is 9.59 Å². The molecular weight excluding hydrogens is 528 g/mol. The number of benzene rings is 3. The lowest BCUT2D eigenvalue weighted by Crippen LogP contribution is -2.31. The smallest absolute Gasteiger partial charge is 0.319 e. The van der Waals surface area contributed by atoms with E-state index in [1.807, 2.05) is 42.5 Å². The van der Waals surface area contributed by atoms with E-state index in [-0.39, 0.29) is 6.03 Å². The fourth-order valence-electron chi connectivity index (χ4n) is 3.63. The average molecular weight is 559 g/mol. The molecule has 4 rings (SSSR count). The van der Waals surface area contributed by atoms with Gasteiger partial charge < -0.3 is 31.6 Å². The quantitative estimate of drug-likeness (QED) is 0.132. The van der Waals surface area contributed by atoms with Crippen LogP contribution in [0.2, 0.25) is 0 Å². The zero-order chi connectivity index (χ0) is 28.2. The van der Waals surface area contributed by atoms with Gasteiger partial charge in [0.15, 0.2) is 0 Å². The number of hydrogen-bond acceptors (Lipinski definition) is 7. The predicted molar refractivity (Wildman–Crippen MR) is 155 cm³/mol. The van der Waals surface area contributed by atoms with Gasteiger partial charge >= 0.3 is 6.03 Å². The first-order chi connectivity index (χ1) is 19.5. The zero-order valence-electron chi connectivity index (χ0n) is 21.7. The second-order valence-electron chi connectivity index (χ2n) is 8.46. The summed E-state index contributed by atoms with van der Waals surface area (Å²) in [6.07, 6.45) is 0. The van der Waals surface area contributed by atoms with Crippen molar-refractivity contribution in [3.8, 4) is 11.8 Å². The summed E-state index contributed by atoms with van der Waals surface area (Å²) in [4.78, 5) is 25.5. The summed E-state index contributed by atoms with van der Waals surface area (Å²) in [5.74, 6) is 5.79. The fourth-order valence-corrected chi connectivity index (χ4v) is 4.61. The van der Waals surface area contributed by atoms with E-state index < -0.39 is 5.91 Å². The van der Waals surface area contributed by atoms with Crippen LogP contribution < -0.4 is 22.1 Å². The van der Waals surface area contributed by atoms with Crippen molar-refractivity contribution in [1.82, 2.24) is 15.5 Å². The van der Waals surface area contributed by atoms with Crippen LogP contribution in [-0.2, 0) is 9.47 Å². The number of urea groups is 1. The molecule has 1 aromatic heterocycles. The van der Waals surface area contributed by atoms with Crippen LogP contribution in [0.3, 0.4) is 0 Å². The minimum Gasteiger partial charge on any atom is -0.378 e. The summed E-state index contributed by atoms with van der Waals surface area (Å²) in [7, 11) is 0. The van der Waals surface area contributed by atoms with Gasteiger partial charge in [0.05, 0.1) is 37.5 Å². The number of ether oxygens (including phenoxy) is 2. The number of amides is 3. The maximum absolute atomic E-state index is 12.1. The first kappa shape index (κ1) is 28.7. The molecule has 0 aliphatic rings. The molecule has 3 aromatic carbocycles. The number of primary amides is 1. The Morgan fingerprint density at radius 2 is 1.73 bits per heavy atom. The minimum absolute atomic E-state index is 0.318. The molecule has 0 unspecified atom stereocenters. The largest absolute Gasteiger partial charge is 0.378 e. The Morgan fingerprint density at radius 3 is 2.50 bits per heavy atom. The number of hydrogen-bond donors (Lipinski definition) is 5. The summed E-state index contributed by atoms with van der Waals surface area (Å²) in [5.41, 5.74) is 14.2. The lowest BCUT2D eigenvalue weighted by Gasteiger charge is -2.08. The van der Waals surface area contributed by atoms with Crippen LogP contribution >= 0.6 is 11.8 Å². The maximum Gasteiger partial charge on any atom is 0.319 e. The zero-order valence-corrected chi connectivity index (χ0v) is 22.6. The Morgan fingerprint density at radius 1 is 0.950 bits per heavy atom. The monoisotopic (exact) mass is 558 g/mol. The van der Waals surface area contributed by atoms with Crippen LogP contribution in [-0.4, -0.2) is 61.7 Å². The Balaban J connectivity index is 1.29. The highest BCUT2D eigenvalue weighted by molar-refractivity contribution is 7.99. The molecular formula is C29H30N6O4S. The van der Waals surface area contributed by atoms with E-state index in [1.165, 1.54) is 11.8 Å². The van der Waals surface area contributed by atoms with Gasteiger partial charge in [-0.2, -0.15) is 5.10 Å². The number of rotatable bonds is 12. The number of aromatic nitrogens is 2. The van der Waals surface area contributed by atoms with E-state index >= 15 is 0 Å². The third kappa shape index (κ3) is 8.33. The van der Waals surface area contributed by atoms with Gasteiger partial charge in [0.25, 0.3) is 0 Å². The SMILES string of the molecule is NCCOCCOCCNC(=O)Nc1ccc(C#Cc2[nH]nc3cc(Sc4ccccc4C(N)=O)ccc23)cc1. The highest BCUT2D eigenvalue weighted by Crippen LogP contribution is 2.32. The molecule has 0 saturated heterocycles. The molecule has 40 heavy (non-hydrogen) atoms. The van der Waals surface area contributed by atoms with Crippen LogP contribution in [0.4, 0.5) is 10.5 Å². The minimum atomic E-state index is -0.462. The molecule has 1 heterocycles. The highest BCUT2D eigenvalue weighted by atomic mass is 32.2.